The average molecular weight is 388 g/mol. The van der Waals surface area contributed by atoms with Gasteiger partial charge in [-0.25, -0.2) is 8.42 Å². The lowest BCUT2D eigenvalue weighted by Gasteiger charge is -2.25. The molecule has 7 nitrogen and oxygen atoms in total. The van der Waals surface area contributed by atoms with Gasteiger partial charge in [0.1, 0.15) is 11.5 Å². The Morgan fingerprint density at radius 3 is 2.52 bits per heavy atom. The summed E-state index contributed by atoms with van der Waals surface area (Å²) in [6.45, 7) is 2.32. The molecule has 1 fully saturated rings. The highest BCUT2D eigenvalue weighted by Gasteiger charge is 2.20. The van der Waals surface area contributed by atoms with Gasteiger partial charge < -0.3 is 15.8 Å². The molecule has 0 atom stereocenters. The van der Waals surface area contributed by atoms with Crippen LogP contribution in [0, 0.1) is 0 Å². The molecule has 0 saturated carbocycles. The number of hydrogen-bond donors (Lipinski definition) is 2. The zero-order chi connectivity index (χ0) is 19.1. The van der Waals surface area contributed by atoms with Gasteiger partial charge in [0.25, 0.3) is 0 Å². The van der Waals surface area contributed by atoms with E-state index in [1.165, 1.54) is 0 Å². The molecular formula is C19H24N4O3S. The van der Waals surface area contributed by atoms with Crippen molar-refractivity contribution in [3.63, 3.8) is 0 Å². The summed E-state index contributed by atoms with van der Waals surface area (Å²) in [6, 6.07) is 17.0. The zero-order valence-corrected chi connectivity index (χ0v) is 15.9. The molecule has 0 aromatic heterocycles. The van der Waals surface area contributed by atoms with Crippen molar-refractivity contribution >= 4 is 21.5 Å². The second-order valence-corrected chi connectivity index (χ2v) is 8.63. The molecular weight excluding hydrogens is 364 g/mol. The fourth-order valence-corrected chi connectivity index (χ4v) is 4.01. The van der Waals surface area contributed by atoms with Gasteiger partial charge in [0.2, 0.25) is 0 Å². The third-order valence-corrected chi connectivity index (χ3v) is 5.83. The van der Waals surface area contributed by atoms with Crippen LogP contribution in [0.2, 0.25) is 0 Å². The van der Waals surface area contributed by atoms with E-state index in [2.05, 4.69) is 15.2 Å². The largest absolute Gasteiger partial charge is 0.457 e. The first kappa shape index (κ1) is 19.2. The van der Waals surface area contributed by atoms with E-state index < -0.39 is 9.84 Å². The van der Waals surface area contributed by atoms with Crippen LogP contribution in [0.15, 0.2) is 59.6 Å². The molecule has 8 heteroatoms. The number of guanidine groups is 1. The Morgan fingerprint density at radius 1 is 1.07 bits per heavy atom. The molecule has 1 saturated heterocycles. The fraction of sp³-hybridized carbons (Fsp3) is 0.316. The van der Waals surface area contributed by atoms with Crippen molar-refractivity contribution in [1.29, 1.82) is 0 Å². The second-order valence-electron chi connectivity index (χ2n) is 6.33. The van der Waals surface area contributed by atoms with Crippen molar-refractivity contribution in [2.75, 3.05) is 43.0 Å². The number of ether oxygens (including phenoxy) is 1. The molecule has 1 aliphatic rings. The van der Waals surface area contributed by atoms with Crippen LogP contribution in [-0.2, 0) is 9.84 Å². The summed E-state index contributed by atoms with van der Waals surface area (Å²) in [5.74, 6) is 2.22. The molecule has 1 heterocycles. The Hall–Kier alpha value is -2.58. The van der Waals surface area contributed by atoms with Crippen LogP contribution in [0.3, 0.4) is 0 Å². The summed E-state index contributed by atoms with van der Waals surface area (Å²) >= 11 is 0. The number of aliphatic imine (C=N–C) groups is 1. The predicted octanol–water partition coefficient (Wildman–Crippen LogP) is 1.94. The van der Waals surface area contributed by atoms with E-state index in [9.17, 15) is 8.42 Å². The molecule has 0 spiro atoms. The van der Waals surface area contributed by atoms with Crippen LogP contribution in [0.4, 0.5) is 5.69 Å². The Morgan fingerprint density at radius 2 is 1.78 bits per heavy atom. The van der Waals surface area contributed by atoms with E-state index in [1.807, 2.05) is 54.6 Å². The van der Waals surface area contributed by atoms with Crippen LogP contribution < -0.4 is 15.8 Å². The van der Waals surface area contributed by atoms with Crippen LogP contribution in [0.1, 0.15) is 0 Å². The topological polar surface area (TPSA) is 97.0 Å². The summed E-state index contributed by atoms with van der Waals surface area (Å²) < 4.78 is 28.7. The Kier molecular flexibility index (Phi) is 6.31. The minimum atomic E-state index is -2.85. The fourth-order valence-electron chi connectivity index (χ4n) is 2.74. The number of nitrogens with two attached hydrogens (primary N) is 1. The maximum absolute atomic E-state index is 11.4. The number of para-hydroxylation sites is 1. The first-order valence-electron chi connectivity index (χ1n) is 8.83. The molecule has 1 aliphatic heterocycles. The van der Waals surface area contributed by atoms with Gasteiger partial charge in [-0.1, -0.05) is 24.3 Å². The first-order chi connectivity index (χ1) is 13.0. The van der Waals surface area contributed by atoms with E-state index >= 15 is 0 Å². The van der Waals surface area contributed by atoms with Gasteiger partial charge in [0.15, 0.2) is 15.8 Å². The van der Waals surface area contributed by atoms with E-state index in [4.69, 9.17) is 10.5 Å². The van der Waals surface area contributed by atoms with Gasteiger partial charge in [0.05, 0.1) is 18.1 Å². The van der Waals surface area contributed by atoms with Crippen molar-refractivity contribution in [2.45, 2.75) is 0 Å². The highest BCUT2D eigenvalue weighted by molar-refractivity contribution is 7.91. The van der Waals surface area contributed by atoms with Gasteiger partial charge in [-0.3, -0.25) is 9.89 Å². The summed E-state index contributed by atoms with van der Waals surface area (Å²) in [5, 5.41) is 3.05. The van der Waals surface area contributed by atoms with Crippen molar-refractivity contribution in [2.24, 2.45) is 10.7 Å². The molecule has 0 radical (unpaired) electrons. The monoisotopic (exact) mass is 388 g/mol. The van der Waals surface area contributed by atoms with Crippen LogP contribution in [0.25, 0.3) is 0 Å². The Bertz CT molecular complexity index is 871. The maximum Gasteiger partial charge on any atom is 0.193 e. The smallest absolute Gasteiger partial charge is 0.193 e. The van der Waals surface area contributed by atoms with Crippen LogP contribution in [0.5, 0.6) is 11.5 Å². The molecule has 0 unspecified atom stereocenters. The number of rotatable bonds is 6. The van der Waals surface area contributed by atoms with E-state index in [-0.39, 0.29) is 11.5 Å². The molecule has 3 rings (SSSR count). The normalized spacial score (nSPS) is 17.4. The lowest BCUT2D eigenvalue weighted by atomic mass is 10.3. The van der Waals surface area contributed by atoms with Gasteiger partial charge in [-0.2, -0.15) is 0 Å². The third kappa shape index (κ3) is 6.26. The molecule has 0 aliphatic carbocycles. The number of nitrogens with zero attached hydrogens (tertiary/aromatic N) is 2. The van der Waals surface area contributed by atoms with Crippen molar-refractivity contribution in [3.8, 4) is 11.5 Å². The van der Waals surface area contributed by atoms with Crippen molar-refractivity contribution < 1.29 is 13.2 Å². The number of sulfone groups is 1. The Labute approximate surface area is 159 Å². The maximum atomic E-state index is 11.4. The minimum Gasteiger partial charge on any atom is -0.457 e. The second kappa shape index (κ2) is 8.88. The van der Waals surface area contributed by atoms with Crippen molar-refractivity contribution in [3.05, 3.63) is 54.6 Å². The molecule has 2 aromatic rings. The van der Waals surface area contributed by atoms with Gasteiger partial charge in [-0.05, 0) is 24.3 Å². The van der Waals surface area contributed by atoms with Gasteiger partial charge in [0, 0.05) is 31.4 Å². The summed E-state index contributed by atoms with van der Waals surface area (Å²) in [7, 11) is -2.85. The quantitative estimate of drug-likeness (QED) is 0.580. The predicted molar refractivity (Wildman–Crippen MR) is 108 cm³/mol. The molecule has 144 valence electrons. The van der Waals surface area contributed by atoms with Crippen LogP contribution >= 0.6 is 0 Å². The van der Waals surface area contributed by atoms with E-state index in [0.717, 1.165) is 11.4 Å². The van der Waals surface area contributed by atoms with Crippen LogP contribution in [-0.4, -0.2) is 57.0 Å². The minimum absolute atomic E-state index is 0.221. The van der Waals surface area contributed by atoms with E-state index in [1.54, 1.807) is 0 Å². The lowest BCUT2D eigenvalue weighted by Crippen LogP contribution is -2.41. The molecule has 0 amide bonds. The third-order valence-electron chi connectivity index (χ3n) is 4.22. The highest BCUT2D eigenvalue weighted by Crippen LogP contribution is 2.23. The highest BCUT2D eigenvalue weighted by atomic mass is 32.2. The number of hydrogen-bond acceptors (Lipinski definition) is 5. The number of nitrogens with one attached hydrogen (secondary N) is 1. The molecule has 0 bridgehead atoms. The average Bonchev–Trinajstić information content (AvgIpc) is 2.64. The molecule has 2 aromatic carbocycles. The van der Waals surface area contributed by atoms with Gasteiger partial charge in [-0.15, -0.1) is 0 Å². The number of benzene rings is 2. The lowest BCUT2D eigenvalue weighted by molar-refractivity contribution is 0.304. The van der Waals surface area contributed by atoms with Crippen molar-refractivity contribution in [1.82, 2.24) is 4.90 Å². The number of anilines is 1. The summed E-state index contributed by atoms with van der Waals surface area (Å²) in [4.78, 5) is 6.40. The standard InChI is InChI=1S/C19H24N4O3S/c20-19(21-9-10-23-11-13-27(24,25)14-12-23)22-16-5-4-8-18(15-16)26-17-6-2-1-3-7-17/h1-8,15H,9-14H2,(H3,20,21,22). The summed E-state index contributed by atoms with van der Waals surface area (Å²) in [6.07, 6.45) is 0. The van der Waals surface area contributed by atoms with E-state index in [0.29, 0.717) is 37.9 Å². The Balaban J connectivity index is 1.49. The SMILES string of the molecule is NC(=NCCN1CCS(=O)(=O)CC1)Nc1cccc(Oc2ccccc2)c1. The van der Waals surface area contributed by atoms with Gasteiger partial charge >= 0.3 is 0 Å². The summed E-state index contributed by atoms with van der Waals surface area (Å²) in [5.41, 5.74) is 6.74. The zero-order valence-electron chi connectivity index (χ0n) is 15.0. The first-order valence-corrected chi connectivity index (χ1v) is 10.6. The molecule has 3 N–H and O–H groups in total. The molecule has 27 heavy (non-hydrogen) atoms.